The molecule has 1 heterocycles. The Balaban J connectivity index is 2.24. The van der Waals surface area contributed by atoms with E-state index in [0.717, 1.165) is 25.9 Å². The number of halogens is 1. The number of hydrogen-bond donors (Lipinski definition) is 2. The lowest BCUT2D eigenvalue weighted by atomic mass is 10.1. The Bertz CT molecular complexity index is 155. The second-order valence-electron chi connectivity index (χ2n) is 3.15. The van der Waals surface area contributed by atoms with Gasteiger partial charge in [-0.3, -0.25) is 4.79 Å². The predicted octanol–water partition coefficient (Wildman–Crippen LogP) is 0.482. The highest BCUT2D eigenvalue weighted by atomic mass is 35.5. The highest BCUT2D eigenvalue weighted by Gasteiger charge is 2.17. The standard InChI is InChI=1S/C8H15ClN2O/c1-6(9)8(12)11-7-2-4-10-5-3-7/h6-7,10H,2-5H2,1H3,(H,11,12). The van der Waals surface area contributed by atoms with Crippen LogP contribution in [0, 0.1) is 0 Å². The molecule has 3 nitrogen and oxygen atoms in total. The quantitative estimate of drug-likeness (QED) is 0.622. The zero-order valence-electron chi connectivity index (χ0n) is 7.27. The van der Waals surface area contributed by atoms with Crippen LogP contribution >= 0.6 is 11.6 Å². The van der Waals surface area contributed by atoms with Crippen LogP contribution in [0.2, 0.25) is 0 Å². The van der Waals surface area contributed by atoms with E-state index in [1.54, 1.807) is 6.92 Å². The van der Waals surface area contributed by atoms with Gasteiger partial charge < -0.3 is 10.6 Å². The first-order valence-electron chi connectivity index (χ1n) is 4.35. The number of carbonyl (C=O) groups excluding carboxylic acids is 1. The van der Waals surface area contributed by atoms with Crippen molar-refractivity contribution in [3.05, 3.63) is 0 Å². The van der Waals surface area contributed by atoms with Crippen LogP contribution < -0.4 is 10.6 Å². The molecule has 0 spiro atoms. The number of rotatable bonds is 2. The van der Waals surface area contributed by atoms with Crippen LogP contribution in [0.4, 0.5) is 0 Å². The summed E-state index contributed by atoms with van der Waals surface area (Å²) in [6.45, 7) is 3.67. The van der Waals surface area contributed by atoms with Crippen molar-refractivity contribution in [1.29, 1.82) is 0 Å². The molecule has 0 bridgehead atoms. The van der Waals surface area contributed by atoms with Crippen molar-refractivity contribution in [3.63, 3.8) is 0 Å². The summed E-state index contributed by atoms with van der Waals surface area (Å²) in [6.07, 6.45) is 2.02. The van der Waals surface area contributed by atoms with E-state index in [0.29, 0.717) is 6.04 Å². The number of hydrogen-bond acceptors (Lipinski definition) is 2. The van der Waals surface area contributed by atoms with Crippen LogP contribution in [-0.2, 0) is 4.79 Å². The molecule has 0 aromatic heterocycles. The van der Waals surface area contributed by atoms with Crippen molar-refractivity contribution in [2.45, 2.75) is 31.2 Å². The van der Waals surface area contributed by atoms with Gasteiger partial charge in [0, 0.05) is 6.04 Å². The largest absolute Gasteiger partial charge is 0.352 e. The summed E-state index contributed by atoms with van der Waals surface area (Å²) in [7, 11) is 0. The number of nitrogens with one attached hydrogen (secondary N) is 2. The van der Waals surface area contributed by atoms with Gasteiger partial charge in [0.05, 0.1) is 0 Å². The molecule has 1 atom stereocenters. The Labute approximate surface area is 77.9 Å². The lowest BCUT2D eigenvalue weighted by Crippen LogP contribution is -2.44. The van der Waals surface area contributed by atoms with Crippen LogP contribution in [0.5, 0.6) is 0 Å². The van der Waals surface area contributed by atoms with E-state index in [4.69, 9.17) is 11.6 Å². The average Bonchev–Trinajstić information content (AvgIpc) is 2.06. The maximum Gasteiger partial charge on any atom is 0.237 e. The fourth-order valence-electron chi connectivity index (χ4n) is 1.28. The van der Waals surface area contributed by atoms with E-state index in [1.807, 2.05) is 0 Å². The van der Waals surface area contributed by atoms with Crippen molar-refractivity contribution >= 4 is 17.5 Å². The smallest absolute Gasteiger partial charge is 0.237 e. The summed E-state index contributed by atoms with van der Waals surface area (Å²) in [5, 5.41) is 5.72. The third kappa shape index (κ3) is 2.99. The molecule has 1 aliphatic rings. The summed E-state index contributed by atoms with van der Waals surface area (Å²) in [5.74, 6) is -0.0523. The lowest BCUT2D eigenvalue weighted by molar-refractivity contribution is -0.121. The van der Waals surface area contributed by atoms with Crippen molar-refractivity contribution in [2.24, 2.45) is 0 Å². The van der Waals surface area contributed by atoms with E-state index >= 15 is 0 Å². The van der Waals surface area contributed by atoms with E-state index in [1.165, 1.54) is 0 Å². The molecule has 1 unspecified atom stereocenters. The first kappa shape index (κ1) is 9.81. The summed E-state index contributed by atoms with van der Waals surface area (Å²) in [4.78, 5) is 11.1. The Hall–Kier alpha value is -0.280. The first-order valence-corrected chi connectivity index (χ1v) is 4.79. The number of carbonyl (C=O) groups is 1. The Morgan fingerprint density at radius 2 is 2.17 bits per heavy atom. The summed E-state index contributed by atoms with van der Waals surface area (Å²) >= 11 is 5.62. The van der Waals surface area contributed by atoms with Crippen LogP contribution in [0.3, 0.4) is 0 Å². The molecule has 0 radical (unpaired) electrons. The van der Waals surface area contributed by atoms with Crippen LogP contribution in [-0.4, -0.2) is 30.4 Å². The molecule has 0 saturated carbocycles. The molecule has 1 aliphatic heterocycles. The molecular weight excluding hydrogens is 176 g/mol. The van der Waals surface area contributed by atoms with Gasteiger partial charge in [-0.15, -0.1) is 11.6 Å². The second-order valence-corrected chi connectivity index (χ2v) is 3.80. The molecule has 0 aromatic rings. The summed E-state index contributed by atoms with van der Waals surface area (Å²) in [6, 6.07) is 0.319. The van der Waals surface area contributed by atoms with Crippen molar-refractivity contribution < 1.29 is 4.79 Å². The third-order valence-corrected chi connectivity index (χ3v) is 2.25. The Kier molecular flexibility index (Phi) is 3.82. The minimum atomic E-state index is -0.417. The van der Waals surface area contributed by atoms with Gasteiger partial charge in [-0.2, -0.15) is 0 Å². The predicted molar refractivity (Wildman–Crippen MR) is 49.3 cm³/mol. The fourth-order valence-corrected chi connectivity index (χ4v) is 1.35. The highest BCUT2D eigenvalue weighted by Crippen LogP contribution is 2.03. The lowest BCUT2D eigenvalue weighted by Gasteiger charge is -2.24. The topological polar surface area (TPSA) is 41.1 Å². The highest BCUT2D eigenvalue weighted by molar-refractivity contribution is 6.30. The van der Waals surface area contributed by atoms with Gasteiger partial charge in [0.1, 0.15) is 5.38 Å². The van der Waals surface area contributed by atoms with E-state index in [9.17, 15) is 4.79 Å². The number of piperidine rings is 1. The van der Waals surface area contributed by atoms with Crippen molar-refractivity contribution in [2.75, 3.05) is 13.1 Å². The molecule has 0 aromatic carbocycles. The molecule has 1 fully saturated rings. The second kappa shape index (κ2) is 4.67. The summed E-state index contributed by atoms with van der Waals surface area (Å²) < 4.78 is 0. The first-order chi connectivity index (χ1) is 5.70. The Morgan fingerprint density at radius 3 is 2.67 bits per heavy atom. The summed E-state index contributed by atoms with van der Waals surface area (Å²) in [5.41, 5.74) is 0. The maximum absolute atomic E-state index is 11.1. The normalized spacial score (nSPS) is 21.8. The molecule has 70 valence electrons. The number of alkyl halides is 1. The molecule has 1 amide bonds. The van der Waals surface area contributed by atoms with Crippen LogP contribution in [0.25, 0.3) is 0 Å². The molecule has 1 saturated heterocycles. The van der Waals surface area contributed by atoms with Gasteiger partial charge >= 0.3 is 0 Å². The zero-order chi connectivity index (χ0) is 8.97. The van der Waals surface area contributed by atoms with Gasteiger partial charge in [0.15, 0.2) is 0 Å². The van der Waals surface area contributed by atoms with Gasteiger partial charge in [-0.05, 0) is 32.9 Å². The third-order valence-electron chi connectivity index (χ3n) is 2.05. The molecule has 0 aliphatic carbocycles. The van der Waals surface area contributed by atoms with Gasteiger partial charge in [0.25, 0.3) is 0 Å². The molecule has 2 N–H and O–H groups in total. The molecular formula is C8H15ClN2O. The molecule has 1 rings (SSSR count). The van der Waals surface area contributed by atoms with E-state index < -0.39 is 5.38 Å². The SMILES string of the molecule is CC(Cl)C(=O)NC1CCNCC1. The van der Waals surface area contributed by atoms with Crippen LogP contribution in [0.1, 0.15) is 19.8 Å². The average molecular weight is 191 g/mol. The fraction of sp³-hybridized carbons (Fsp3) is 0.875. The van der Waals surface area contributed by atoms with Crippen molar-refractivity contribution in [1.82, 2.24) is 10.6 Å². The van der Waals surface area contributed by atoms with Crippen molar-refractivity contribution in [3.8, 4) is 0 Å². The minimum absolute atomic E-state index is 0.0523. The monoisotopic (exact) mass is 190 g/mol. The Morgan fingerprint density at radius 1 is 1.58 bits per heavy atom. The van der Waals surface area contributed by atoms with E-state index in [-0.39, 0.29) is 5.91 Å². The van der Waals surface area contributed by atoms with Crippen LogP contribution in [0.15, 0.2) is 0 Å². The minimum Gasteiger partial charge on any atom is -0.352 e. The zero-order valence-corrected chi connectivity index (χ0v) is 8.03. The molecule has 12 heavy (non-hydrogen) atoms. The van der Waals surface area contributed by atoms with Gasteiger partial charge in [-0.1, -0.05) is 0 Å². The molecule has 4 heteroatoms. The van der Waals surface area contributed by atoms with Gasteiger partial charge in [-0.25, -0.2) is 0 Å². The van der Waals surface area contributed by atoms with Gasteiger partial charge in [0.2, 0.25) is 5.91 Å². The number of amides is 1. The maximum atomic E-state index is 11.1. The van der Waals surface area contributed by atoms with E-state index in [2.05, 4.69) is 10.6 Å².